The number of hydrogen-bond donors (Lipinski definition) is 2. The molecule has 0 bridgehead atoms. The molecule has 0 saturated heterocycles. The predicted molar refractivity (Wildman–Crippen MR) is 97.8 cm³/mol. The summed E-state index contributed by atoms with van der Waals surface area (Å²) in [6, 6.07) is 17.5. The third kappa shape index (κ3) is 3.79. The number of para-hydroxylation sites is 1. The lowest BCUT2D eigenvalue weighted by Gasteiger charge is -2.10. The normalized spacial score (nSPS) is 10.2. The highest BCUT2D eigenvalue weighted by Gasteiger charge is 2.08. The van der Waals surface area contributed by atoms with Crippen LogP contribution in [-0.4, -0.2) is 10.9 Å². The number of aryl methyl sites for hydroxylation is 2. The minimum Gasteiger partial charge on any atom is -0.354 e. The first-order chi connectivity index (χ1) is 11.6. The van der Waals surface area contributed by atoms with Gasteiger partial charge in [-0.05, 0) is 43.7 Å². The molecule has 24 heavy (non-hydrogen) atoms. The average Bonchev–Trinajstić information content (AvgIpc) is 2.59. The summed E-state index contributed by atoms with van der Waals surface area (Å²) in [6.07, 6.45) is 3.27. The molecule has 0 spiro atoms. The molecule has 0 atom stereocenters. The van der Waals surface area contributed by atoms with Crippen molar-refractivity contribution in [2.45, 2.75) is 13.8 Å². The molecule has 3 rings (SSSR count). The van der Waals surface area contributed by atoms with Gasteiger partial charge in [-0.15, -0.1) is 0 Å². The van der Waals surface area contributed by atoms with E-state index >= 15 is 0 Å². The van der Waals surface area contributed by atoms with Gasteiger partial charge in [0.05, 0.1) is 17.4 Å². The summed E-state index contributed by atoms with van der Waals surface area (Å²) < 4.78 is 0. The van der Waals surface area contributed by atoms with E-state index in [0.29, 0.717) is 5.56 Å². The van der Waals surface area contributed by atoms with Gasteiger partial charge < -0.3 is 10.6 Å². The van der Waals surface area contributed by atoms with Gasteiger partial charge in [-0.2, -0.15) is 0 Å². The number of aromatic nitrogens is 1. The van der Waals surface area contributed by atoms with Gasteiger partial charge in [-0.3, -0.25) is 9.78 Å². The van der Waals surface area contributed by atoms with E-state index < -0.39 is 0 Å². The SMILES string of the molecule is Cc1ccc(NC(=O)c2cncc(Nc3ccccc3C)c2)cc1. The van der Waals surface area contributed by atoms with Crippen LogP contribution >= 0.6 is 0 Å². The molecule has 0 aliphatic rings. The van der Waals surface area contributed by atoms with E-state index in [1.807, 2.05) is 62.4 Å². The summed E-state index contributed by atoms with van der Waals surface area (Å²) >= 11 is 0. The summed E-state index contributed by atoms with van der Waals surface area (Å²) in [5.74, 6) is -0.181. The fourth-order valence-corrected chi connectivity index (χ4v) is 2.34. The van der Waals surface area contributed by atoms with Crippen LogP contribution in [0.5, 0.6) is 0 Å². The molecule has 2 aromatic carbocycles. The van der Waals surface area contributed by atoms with Crippen molar-refractivity contribution in [3.8, 4) is 0 Å². The number of nitrogens with one attached hydrogen (secondary N) is 2. The summed E-state index contributed by atoms with van der Waals surface area (Å²) in [7, 11) is 0. The van der Waals surface area contributed by atoms with Crippen molar-refractivity contribution in [3.63, 3.8) is 0 Å². The Balaban J connectivity index is 1.76. The summed E-state index contributed by atoms with van der Waals surface area (Å²) in [5, 5.41) is 6.18. The molecule has 0 aliphatic carbocycles. The molecule has 1 amide bonds. The maximum absolute atomic E-state index is 12.4. The Morgan fingerprint density at radius 3 is 2.42 bits per heavy atom. The predicted octanol–water partition coefficient (Wildman–Crippen LogP) is 4.69. The molecule has 0 saturated carbocycles. The maximum Gasteiger partial charge on any atom is 0.257 e. The molecular formula is C20H19N3O. The quantitative estimate of drug-likeness (QED) is 0.733. The molecule has 4 heteroatoms. The zero-order chi connectivity index (χ0) is 16.9. The third-order valence-electron chi connectivity index (χ3n) is 3.73. The number of rotatable bonds is 4. The van der Waals surface area contributed by atoms with Crippen molar-refractivity contribution in [2.75, 3.05) is 10.6 Å². The smallest absolute Gasteiger partial charge is 0.257 e. The Kier molecular flexibility index (Phi) is 4.57. The highest BCUT2D eigenvalue weighted by molar-refractivity contribution is 6.04. The lowest BCUT2D eigenvalue weighted by molar-refractivity contribution is 0.102. The van der Waals surface area contributed by atoms with E-state index in [9.17, 15) is 4.79 Å². The molecule has 1 aromatic heterocycles. The van der Waals surface area contributed by atoms with E-state index in [1.54, 1.807) is 18.5 Å². The number of benzene rings is 2. The Labute approximate surface area is 141 Å². The molecule has 0 aliphatic heterocycles. The molecule has 3 aromatic rings. The van der Waals surface area contributed by atoms with Crippen LogP contribution in [0, 0.1) is 13.8 Å². The number of carbonyl (C=O) groups is 1. The summed E-state index contributed by atoms with van der Waals surface area (Å²) in [5.41, 5.74) is 5.33. The van der Waals surface area contributed by atoms with Crippen molar-refractivity contribution in [1.82, 2.24) is 4.98 Å². The van der Waals surface area contributed by atoms with E-state index in [0.717, 1.165) is 28.2 Å². The first-order valence-corrected chi connectivity index (χ1v) is 7.77. The van der Waals surface area contributed by atoms with Crippen LogP contribution in [0.15, 0.2) is 67.0 Å². The second-order valence-electron chi connectivity index (χ2n) is 5.72. The largest absolute Gasteiger partial charge is 0.354 e. The van der Waals surface area contributed by atoms with E-state index in [-0.39, 0.29) is 5.91 Å². The van der Waals surface area contributed by atoms with E-state index in [4.69, 9.17) is 0 Å². The van der Waals surface area contributed by atoms with Crippen LogP contribution in [0.4, 0.5) is 17.1 Å². The Bertz CT molecular complexity index is 857. The molecule has 0 unspecified atom stereocenters. The van der Waals surface area contributed by atoms with Crippen molar-refractivity contribution in [2.24, 2.45) is 0 Å². The van der Waals surface area contributed by atoms with Crippen LogP contribution in [-0.2, 0) is 0 Å². The Hall–Kier alpha value is -3.14. The van der Waals surface area contributed by atoms with Crippen LogP contribution < -0.4 is 10.6 Å². The Morgan fingerprint density at radius 2 is 1.67 bits per heavy atom. The standard InChI is InChI=1S/C20H19N3O/c1-14-7-9-17(10-8-14)23-20(24)16-11-18(13-21-12-16)22-19-6-4-3-5-15(19)2/h3-13,22H,1-2H3,(H,23,24). The fourth-order valence-electron chi connectivity index (χ4n) is 2.34. The van der Waals surface area contributed by atoms with Crippen LogP contribution in [0.25, 0.3) is 0 Å². The molecule has 2 N–H and O–H groups in total. The molecular weight excluding hydrogens is 298 g/mol. The molecule has 0 fully saturated rings. The van der Waals surface area contributed by atoms with Crippen molar-refractivity contribution >= 4 is 23.0 Å². The zero-order valence-electron chi connectivity index (χ0n) is 13.7. The molecule has 0 radical (unpaired) electrons. The average molecular weight is 317 g/mol. The zero-order valence-corrected chi connectivity index (χ0v) is 13.7. The summed E-state index contributed by atoms with van der Waals surface area (Å²) in [6.45, 7) is 4.04. The number of pyridine rings is 1. The van der Waals surface area contributed by atoms with Crippen LogP contribution in [0.2, 0.25) is 0 Å². The number of anilines is 3. The first-order valence-electron chi connectivity index (χ1n) is 7.77. The van der Waals surface area contributed by atoms with Crippen LogP contribution in [0.3, 0.4) is 0 Å². The van der Waals surface area contributed by atoms with E-state index in [2.05, 4.69) is 15.6 Å². The van der Waals surface area contributed by atoms with E-state index in [1.165, 1.54) is 0 Å². The van der Waals surface area contributed by atoms with Gasteiger partial charge in [0.1, 0.15) is 0 Å². The number of hydrogen-bond acceptors (Lipinski definition) is 3. The third-order valence-corrected chi connectivity index (χ3v) is 3.73. The minimum absolute atomic E-state index is 0.181. The van der Waals surface area contributed by atoms with Gasteiger partial charge in [-0.25, -0.2) is 0 Å². The Morgan fingerprint density at radius 1 is 0.917 bits per heavy atom. The van der Waals surface area contributed by atoms with Crippen molar-refractivity contribution in [3.05, 3.63) is 83.7 Å². The van der Waals surface area contributed by atoms with Crippen molar-refractivity contribution in [1.29, 1.82) is 0 Å². The van der Waals surface area contributed by atoms with Gasteiger partial charge in [0.15, 0.2) is 0 Å². The molecule has 120 valence electrons. The number of carbonyl (C=O) groups excluding carboxylic acids is 1. The van der Waals surface area contributed by atoms with Gasteiger partial charge >= 0.3 is 0 Å². The summed E-state index contributed by atoms with van der Waals surface area (Å²) in [4.78, 5) is 16.6. The topological polar surface area (TPSA) is 54.0 Å². The van der Waals surface area contributed by atoms with Gasteiger partial charge in [0.25, 0.3) is 5.91 Å². The minimum atomic E-state index is -0.181. The molecule has 4 nitrogen and oxygen atoms in total. The lowest BCUT2D eigenvalue weighted by Crippen LogP contribution is -2.12. The fraction of sp³-hybridized carbons (Fsp3) is 0.100. The molecule has 1 heterocycles. The highest BCUT2D eigenvalue weighted by Crippen LogP contribution is 2.20. The van der Waals surface area contributed by atoms with Gasteiger partial charge in [0, 0.05) is 17.6 Å². The lowest BCUT2D eigenvalue weighted by atomic mass is 10.2. The van der Waals surface area contributed by atoms with Crippen LogP contribution in [0.1, 0.15) is 21.5 Å². The second-order valence-corrected chi connectivity index (χ2v) is 5.72. The number of amides is 1. The highest BCUT2D eigenvalue weighted by atomic mass is 16.1. The number of nitrogens with zero attached hydrogens (tertiary/aromatic N) is 1. The van der Waals surface area contributed by atoms with Gasteiger partial charge in [0.2, 0.25) is 0 Å². The monoisotopic (exact) mass is 317 g/mol. The van der Waals surface area contributed by atoms with Crippen molar-refractivity contribution < 1.29 is 4.79 Å². The second kappa shape index (κ2) is 6.96. The van der Waals surface area contributed by atoms with Gasteiger partial charge in [-0.1, -0.05) is 35.9 Å². The first kappa shape index (κ1) is 15.7. The maximum atomic E-state index is 12.4.